The standard InChI is InChI=1S/C18H22FNO3/c19-15-5-1-4-14(10-15)18-7-2-8-20(18)11-16(21)12-22-13-17-6-3-9-23-17/h1,3-6,9-10,16,18,21H,2,7-8,11-13H2. The van der Waals surface area contributed by atoms with E-state index in [0.29, 0.717) is 13.2 Å². The minimum absolute atomic E-state index is 0.172. The van der Waals surface area contributed by atoms with Gasteiger partial charge in [-0.1, -0.05) is 12.1 Å². The summed E-state index contributed by atoms with van der Waals surface area (Å²) in [5, 5.41) is 10.2. The lowest BCUT2D eigenvalue weighted by Crippen LogP contribution is -2.34. The van der Waals surface area contributed by atoms with Crippen LogP contribution in [0.3, 0.4) is 0 Å². The summed E-state index contributed by atoms with van der Waals surface area (Å²) >= 11 is 0. The number of rotatable bonds is 7. The number of furan rings is 1. The monoisotopic (exact) mass is 319 g/mol. The second-order valence-electron chi connectivity index (χ2n) is 5.96. The summed E-state index contributed by atoms with van der Waals surface area (Å²) in [4.78, 5) is 2.20. The summed E-state index contributed by atoms with van der Waals surface area (Å²) in [6.45, 7) is 2.06. The first kappa shape index (κ1) is 16.2. The van der Waals surface area contributed by atoms with Crippen molar-refractivity contribution in [1.29, 1.82) is 0 Å². The first-order valence-electron chi connectivity index (χ1n) is 8.00. The number of likely N-dealkylation sites (tertiary alicyclic amines) is 1. The maximum absolute atomic E-state index is 13.4. The molecule has 124 valence electrons. The third-order valence-corrected chi connectivity index (χ3v) is 4.18. The fraction of sp³-hybridized carbons (Fsp3) is 0.444. The zero-order chi connectivity index (χ0) is 16.1. The van der Waals surface area contributed by atoms with Gasteiger partial charge < -0.3 is 14.3 Å². The number of halogens is 1. The minimum atomic E-state index is -0.570. The molecule has 1 N–H and O–H groups in total. The van der Waals surface area contributed by atoms with Crippen molar-refractivity contribution in [1.82, 2.24) is 4.90 Å². The molecule has 0 aliphatic carbocycles. The highest BCUT2D eigenvalue weighted by Crippen LogP contribution is 2.32. The summed E-state index contributed by atoms with van der Waals surface area (Å²) < 4.78 is 24.1. The average Bonchev–Trinajstić information content (AvgIpc) is 3.19. The second kappa shape index (κ2) is 7.73. The van der Waals surface area contributed by atoms with Crippen LogP contribution in [0.2, 0.25) is 0 Å². The van der Waals surface area contributed by atoms with Crippen molar-refractivity contribution in [2.45, 2.75) is 31.6 Å². The molecule has 5 heteroatoms. The third kappa shape index (κ3) is 4.41. The quantitative estimate of drug-likeness (QED) is 0.852. The van der Waals surface area contributed by atoms with Crippen molar-refractivity contribution in [3.63, 3.8) is 0 Å². The summed E-state index contributed by atoms with van der Waals surface area (Å²) in [5.41, 5.74) is 0.978. The van der Waals surface area contributed by atoms with Crippen LogP contribution in [-0.4, -0.2) is 35.8 Å². The van der Waals surface area contributed by atoms with Gasteiger partial charge in [0, 0.05) is 12.6 Å². The van der Waals surface area contributed by atoms with Gasteiger partial charge in [0.15, 0.2) is 0 Å². The van der Waals surface area contributed by atoms with Gasteiger partial charge in [-0.05, 0) is 49.2 Å². The van der Waals surface area contributed by atoms with Gasteiger partial charge in [-0.3, -0.25) is 4.90 Å². The lowest BCUT2D eigenvalue weighted by atomic mass is 10.0. The molecule has 1 aliphatic heterocycles. The molecule has 1 fully saturated rings. The number of hydrogen-bond donors (Lipinski definition) is 1. The smallest absolute Gasteiger partial charge is 0.129 e. The minimum Gasteiger partial charge on any atom is -0.467 e. The van der Waals surface area contributed by atoms with E-state index in [4.69, 9.17) is 9.15 Å². The Kier molecular flexibility index (Phi) is 5.43. The predicted octanol–water partition coefficient (Wildman–Crippen LogP) is 3.13. The first-order valence-corrected chi connectivity index (χ1v) is 8.00. The maximum Gasteiger partial charge on any atom is 0.129 e. The molecule has 1 aliphatic rings. The van der Waals surface area contributed by atoms with Gasteiger partial charge >= 0.3 is 0 Å². The molecule has 0 spiro atoms. The van der Waals surface area contributed by atoms with Gasteiger partial charge in [0.1, 0.15) is 18.2 Å². The van der Waals surface area contributed by atoms with Crippen molar-refractivity contribution in [2.75, 3.05) is 19.7 Å². The van der Waals surface area contributed by atoms with E-state index in [1.807, 2.05) is 18.2 Å². The predicted molar refractivity (Wildman–Crippen MR) is 84.3 cm³/mol. The number of hydrogen-bond acceptors (Lipinski definition) is 4. The highest BCUT2D eigenvalue weighted by molar-refractivity contribution is 5.21. The SMILES string of the molecule is OC(COCc1ccco1)CN1CCCC1c1cccc(F)c1. The fourth-order valence-electron chi connectivity index (χ4n) is 3.15. The number of nitrogens with zero attached hydrogens (tertiary/aromatic N) is 1. The van der Waals surface area contributed by atoms with Gasteiger partial charge in [0.2, 0.25) is 0 Å². The largest absolute Gasteiger partial charge is 0.467 e. The molecule has 3 rings (SSSR count). The van der Waals surface area contributed by atoms with Crippen molar-refractivity contribution < 1.29 is 18.7 Å². The Balaban J connectivity index is 1.49. The fourth-order valence-corrected chi connectivity index (χ4v) is 3.15. The zero-order valence-corrected chi connectivity index (χ0v) is 13.0. The van der Waals surface area contributed by atoms with Crippen molar-refractivity contribution in [2.24, 2.45) is 0 Å². The van der Waals surface area contributed by atoms with Crippen LogP contribution in [0.1, 0.15) is 30.2 Å². The molecule has 2 atom stereocenters. The molecular formula is C18H22FNO3. The molecule has 1 aromatic heterocycles. The Hall–Kier alpha value is -1.69. The van der Waals surface area contributed by atoms with Crippen LogP contribution in [0.15, 0.2) is 47.1 Å². The lowest BCUT2D eigenvalue weighted by Gasteiger charge is -2.27. The first-order chi connectivity index (χ1) is 11.2. The van der Waals surface area contributed by atoms with Crippen LogP contribution < -0.4 is 0 Å². The highest BCUT2D eigenvalue weighted by Gasteiger charge is 2.27. The number of ether oxygens (including phenoxy) is 1. The summed E-state index contributed by atoms with van der Waals surface area (Å²) in [5.74, 6) is 0.535. The lowest BCUT2D eigenvalue weighted by molar-refractivity contribution is 0.00307. The maximum atomic E-state index is 13.4. The Bertz CT molecular complexity index is 602. The number of benzene rings is 1. The summed E-state index contributed by atoms with van der Waals surface area (Å²) in [6, 6.07) is 10.6. The van der Waals surface area contributed by atoms with Crippen molar-refractivity contribution >= 4 is 0 Å². The number of β-amino-alcohol motifs (C(OH)–C–C–N with tert-alkyl or cyclic N) is 1. The van der Waals surface area contributed by atoms with Gasteiger partial charge in [-0.2, -0.15) is 0 Å². The Morgan fingerprint density at radius 3 is 3.04 bits per heavy atom. The van der Waals surface area contributed by atoms with E-state index in [2.05, 4.69) is 4.90 Å². The van der Waals surface area contributed by atoms with E-state index in [9.17, 15) is 9.50 Å². The molecular weight excluding hydrogens is 297 g/mol. The molecule has 23 heavy (non-hydrogen) atoms. The number of aliphatic hydroxyl groups is 1. The normalized spacial score (nSPS) is 20.0. The van der Waals surface area contributed by atoms with E-state index >= 15 is 0 Å². The molecule has 1 saturated heterocycles. The Morgan fingerprint density at radius 2 is 2.26 bits per heavy atom. The summed E-state index contributed by atoms with van der Waals surface area (Å²) in [7, 11) is 0. The Labute approximate surface area is 135 Å². The van der Waals surface area contributed by atoms with Crippen LogP contribution in [0.5, 0.6) is 0 Å². The molecule has 4 nitrogen and oxygen atoms in total. The van der Waals surface area contributed by atoms with E-state index in [0.717, 1.165) is 30.7 Å². The van der Waals surface area contributed by atoms with E-state index in [1.165, 1.54) is 6.07 Å². The van der Waals surface area contributed by atoms with Crippen molar-refractivity contribution in [3.8, 4) is 0 Å². The van der Waals surface area contributed by atoms with Crippen LogP contribution >= 0.6 is 0 Å². The van der Waals surface area contributed by atoms with Crippen molar-refractivity contribution in [3.05, 3.63) is 59.8 Å². The molecule has 2 aromatic rings. The average molecular weight is 319 g/mol. The molecule has 2 unspecified atom stereocenters. The molecule has 0 amide bonds. The van der Waals surface area contributed by atoms with Crippen LogP contribution in [0.25, 0.3) is 0 Å². The molecule has 0 saturated carbocycles. The van der Waals surface area contributed by atoms with Gasteiger partial charge in [0.25, 0.3) is 0 Å². The van der Waals surface area contributed by atoms with E-state index < -0.39 is 6.10 Å². The highest BCUT2D eigenvalue weighted by atomic mass is 19.1. The topological polar surface area (TPSA) is 45.8 Å². The van der Waals surface area contributed by atoms with E-state index in [-0.39, 0.29) is 18.5 Å². The van der Waals surface area contributed by atoms with Crippen LogP contribution in [0, 0.1) is 5.82 Å². The third-order valence-electron chi connectivity index (χ3n) is 4.18. The van der Waals surface area contributed by atoms with Gasteiger partial charge in [0.05, 0.1) is 19.0 Å². The summed E-state index contributed by atoms with van der Waals surface area (Å²) in [6.07, 6.45) is 3.08. The second-order valence-corrected chi connectivity index (χ2v) is 5.96. The van der Waals surface area contributed by atoms with Crippen LogP contribution in [-0.2, 0) is 11.3 Å². The van der Waals surface area contributed by atoms with E-state index in [1.54, 1.807) is 18.4 Å². The Morgan fingerprint density at radius 1 is 1.35 bits per heavy atom. The van der Waals surface area contributed by atoms with Crippen LogP contribution in [0.4, 0.5) is 4.39 Å². The van der Waals surface area contributed by atoms with Gasteiger partial charge in [-0.15, -0.1) is 0 Å². The van der Waals surface area contributed by atoms with Gasteiger partial charge in [-0.25, -0.2) is 4.39 Å². The molecule has 0 bridgehead atoms. The molecule has 2 heterocycles. The zero-order valence-electron chi connectivity index (χ0n) is 13.0. The molecule has 0 radical (unpaired) electrons. The number of aliphatic hydroxyl groups excluding tert-OH is 1. The molecule has 1 aromatic carbocycles.